The minimum atomic E-state index is 0.172. The molecule has 1 aromatic carbocycles. The number of benzene rings is 1. The maximum absolute atomic E-state index is 11.3. The first-order valence-corrected chi connectivity index (χ1v) is 7.34. The van der Waals surface area contributed by atoms with Crippen molar-refractivity contribution in [3.63, 3.8) is 0 Å². The van der Waals surface area contributed by atoms with Gasteiger partial charge in [0.1, 0.15) is 11.5 Å². The van der Waals surface area contributed by atoms with Gasteiger partial charge < -0.3 is 19.7 Å². The Hall–Kier alpha value is -1.75. The van der Waals surface area contributed by atoms with E-state index in [9.17, 15) is 4.79 Å². The molecule has 1 saturated heterocycles. The van der Waals surface area contributed by atoms with E-state index in [1.807, 2.05) is 23.1 Å². The zero-order valence-corrected chi connectivity index (χ0v) is 13.0. The Balaban J connectivity index is 1.87. The molecule has 5 nitrogen and oxygen atoms in total. The fraction of sp³-hybridized carbons (Fsp3) is 0.562. The molecule has 1 aromatic rings. The van der Waals surface area contributed by atoms with Crippen LogP contribution in [0.3, 0.4) is 0 Å². The van der Waals surface area contributed by atoms with Crippen LogP contribution in [-0.4, -0.2) is 44.2 Å². The molecule has 116 valence electrons. The van der Waals surface area contributed by atoms with E-state index < -0.39 is 0 Å². The molecule has 0 spiro atoms. The Morgan fingerprint density at radius 1 is 1.29 bits per heavy atom. The third-order valence-electron chi connectivity index (χ3n) is 4.02. The summed E-state index contributed by atoms with van der Waals surface area (Å²) in [7, 11) is 3.32. The topological polar surface area (TPSA) is 50.8 Å². The summed E-state index contributed by atoms with van der Waals surface area (Å²) in [5.74, 6) is 1.80. The first kappa shape index (κ1) is 15.6. The van der Waals surface area contributed by atoms with E-state index in [1.165, 1.54) is 0 Å². The molecule has 21 heavy (non-hydrogen) atoms. The van der Waals surface area contributed by atoms with Gasteiger partial charge in [0.2, 0.25) is 5.91 Å². The van der Waals surface area contributed by atoms with Crippen molar-refractivity contribution in [3.8, 4) is 11.5 Å². The summed E-state index contributed by atoms with van der Waals surface area (Å²) in [5.41, 5.74) is 1.12. The quantitative estimate of drug-likeness (QED) is 0.899. The predicted octanol–water partition coefficient (Wildman–Crippen LogP) is 1.80. The standard InChI is InChI=1S/C16H24N2O3/c1-12(19)18-8-6-14(7-9-18)17-11-13-4-5-15(20-2)10-16(13)21-3/h4-5,10,14,17H,6-9,11H2,1-3H3. The summed E-state index contributed by atoms with van der Waals surface area (Å²) < 4.78 is 10.6. The van der Waals surface area contributed by atoms with Crippen molar-refractivity contribution in [2.75, 3.05) is 27.3 Å². The predicted molar refractivity (Wildman–Crippen MR) is 81.7 cm³/mol. The molecule has 1 N–H and O–H groups in total. The monoisotopic (exact) mass is 292 g/mol. The van der Waals surface area contributed by atoms with E-state index in [1.54, 1.807) is 21.1 Å². The van der Waals surface area contributed by atoms with Gasteiger partial charge in [-0.1, -0.05) is 6.07 Å². The van der Waals surface area contributed by atoms with Crippen LogP contribution in [0.5, 0.6) is 11.5 Å². The van der Waals surface area contributed by atoms with Crippen LogP contribution in [0.4, 0.5) is 0 Å². The smallest absolute Gasteiger partial charge is 0.219 e. The van der Waals surface area contributed by atoms with Crippen LogP contribution in [0.2, 0.25) is 0 Å². The largest absolute Gasteiger partial charge is 0.497 e. The minimum Gasteiger partial charge on any atom is -0.497 e. The highest BCUT2D eigenvalue weighted by Crippen LogP contribution is 2.24. The Labute approximate surface area is 126 Å². The lowest BCUT2D eigenvalue weighted by Gasteiger charge is -2.32. The summed E-state index contributed by atoms with van der Waals surface area (Å²) >= 11 is 0. The Morgan fingerprint density at radius 3 is 2.57 bits per heavy atom. The van der Waals surface area contributed by atoms with Gasteiger partial charge in [-0.2, -0.15) is 0 Å². The Bertz CT molecular complexity index is 482. The molecule has 0 aliphatic carbocycles. The number of carbonyl (C=O) groups excluding carboxylic acids is 1. The number of hydrogen-bond donors (Lipinski definition) is 1. The summed E-state index contributed by atoms with van der Waals surface area (Å²) in [6, 6.07) is 6.32. The molecule has 1 aliphatic heterocycles. The van der Waals surface area contributed by atoms with E-state index in [-0.39, 0.29) is 5.91 Å². The van der Waals surface area contributed by atoms with Gasteiger partial charge in [0.25, 0.3) is 0 Å². The SMILES string of the molecule is COc1ccc(CNC2CCN(C(C)=O)CC2)c(OC)c1. The van der Waals surface area contributed by atoms with Crippen molar-refractivity contribution in [2.24, 2.45) is 0 Å². The molecular weight excluding hydrogens is 268 g/mol. The molecule has 0 saturated carbocycles. The molecule has 0 unspecified atom stereocenters. The van der Waals surface area contributed by atoms with Crippen molar-refractivity contribution in [2.45, 2.75) is 32.4 Å². The number of nitrogens with one attached hydrogen (secondary N) is 1. The van der Waals surface area contributed by atoms with Crippen molar-refractivity contribution in [3.05, 3.63) is 23.8 Å². The zero-order chi connectivity index (χ0) is 15.2. The van der Waals surface area contributed by atoms with Crippen molar-refractivity contribution in [1.29, 1.82) is 0 Å². The first-order valence-electron chi connectivity index (χ1n) is 7.34. The summed E-state index contributed by atoms with van der Waals surface area (Å²) in [6.07, 6.45) is 2.00. The molecule has 5 heteroatoms. The van der Waals surface area contributed by atoms with Crippen LogP contribution >= 0.6 is 0 Å². The average Bonchev–Trinajstić information content (AvgIpc) is 2.53. The molecule has 0 atom stereocenters. The van der Waals surface area contributed by atoms with E-state index >= 15 is 0 Å². The van der Waals surface area contributed by atoms with E-state index in [4.69, 9.17) is 9.47 Å². The maximum Gasteiger partial charge on any atom is 0.219 e. The number of amides is 1. The van der Waals surface area contributed by atoms with Gasteiger partial charge in [0, 0.05) is 44.2 Å². The number of rotatable bonds is 5. The van der Waals surface area contributed by atoms with Gasteiger partial charge in [-0.05, 0) is 18.9 Å². The maximum atomic E-state index is 11.3. The second kappa shape index (κ2) is 7.31. The second-order valence-electron chi connectivity index (χ2n) is 5.34. The number of hydrogen-bond acceptors (Lipinski definition) is 4. The highest BCUT2D eigenvalue weighted by molar-refractivity contribution is 5.73. The molecule has 0 radical (unpaired) electrons. The number of likely N-dealkylation sites (tertiary alicyclic amines) is 1. The number of ether oxygens (including phenoxy) is 2. The normalized spacial score (nSPS) is 15.9. The van der Waals surface area contributed by atoms with E-state index in [2.05, 4.69) is 5.32 Å². The molecule has 0 bridgehead atoms. The lowest BCUT2D eigenvalue weighted by molar-refractivity contribution is -0.129. The molecule has 1 fully saturated rings. The number of piperidine rings is 1. The average molecular weight is 292 g/mol. The lowest BCUT2D eigenvalue weighted by atomic mass is 10.0. The van der Waals surface area contributed by atoms with Crippen molar-refractivity contribution < 1.29 is 14.3 Å². The molecule has 2 rings (SSSR count). The molecule has 1 amide bonds. The lowest BCUT2D eigenvalue weighted by Crippen LogP contribution is -2.43. The third kappa shape index (κ3) is 4.11. The van der Waals surface area contributed by atoms with Gasteiger partial charge in [-0.25, -0.2) is 0 Å². The molecule has 0 aromatic heterocycles. The fourth-order valence-electron chi connectivity index (χ4n) is 2.65. The van der Waals surface area contributed by atoms with Gasteiger partial charge in [0.05, 0.1) is 14.2 Å². The van der Waals surface area contributed by atoms with Crippen molar-refractivity contribution >= 4 is 5.91 Å². The van der Waals surface area contributed by atoms with E-state index in [0.717, 1.165) is 49.5 Å². The molecule has 1 aliphatic rings. The minimum absolute atomic E-state index is 0.172. The summed E-state index contributed by atoms with van der Waals surface area (Å²) in [4.78, 5) is 13.2. The number of carbonyl (C=O) groups is 1. The van der Waals surface area contributed by atoms with E-state index in [0.29, 0.717) is 6.04 Å². The number of methoxy groups -OCH3 is 2. The van der Waals surface area contributed by atoms with Gasteiger partial charge in [0.15, 0.2) is 0 Å². The molecule has 1 heterocycles. The van der Waals surface area contributed by atoms with Crippen LogP contribution in [-0.2, 0) is 11.3 Å². The Kier molecular flexibility index (Phi) is 5.44. The van der Waals surface area contributed by atoms with Gasteiger partial charge in [-0.3, -0.25) is 4.79 Å². The highest BCUT2D eigenvalue weighted by Gasteiger charge is 2.20. The third-order valence-corrected chi connectivity index (χ3v) is 4.02. The van der Waals surface area contributed by atoms with Crippen LogP contribution in [0.25, 0.3) is 0 Å². The van der Waals surface area contributed by atoms with Crippen LogP contribution in [0, 0.1) is 0 Å². The molecular formula is C16H24N2O3. The highest BCUT2D eigenvalue weighted by atomic mass is 16.5. The van der Waals surface area contributed by atoms with Crippen LogP contribution in [0.1, 0.15) is 25.3 Å². The van der Waals surface area contributed by atoms with Crippen LogP contribution < -0.4 is 14.8 Å². The summed E-state index contributed by atoms with van der Waals surface area (Å²) in [5, 5.41) is 3.55. The first-order chi connectivity index (χ1) is 10.1. The fourth-order valence-corrected chi connectivity index (χ4v) is 2.65. The second-order valence-corrected chi connectivity index (χ2v) is 5.34. The zero-order valence-electron chi connectivity index (χ0n) is 13.0. The van der Waals surface area contributed by atoms with Crippen molar-refractivity contribution in [1.82, 2.24) is 10.2 Å². The summed E-state index contributed by atoms with van der Waals surface area (Å²) in [6.45, 7) is 4.08. The number of nitrogens with zero attached hydrogens (tertiary/aromatic N) is 1. The Morgan fingerprint density at radius 2 is 2.00 bits per heavy atom. The van der Waals surface area contributed by atoms with Gasteiger partial charge in [-0.15, -0.1) is 0 Å². The van der Waals surface area contributed by atoms with Crippen LogP contribution in [0.15, 0.2) is 18.2 Å². The van der Waals surface area contributed by atoms with Gasteiger partial charge >= 0.3 is 0 Å².